The Kier molecular flexibility index (Phi) is 11.9. The highest BCUT2D eigenvalue weighted by Crippen LogP contribution is 2.26. The first-order valence-corrected chi connectivity index (χ1v) is 12.6. The lowest BCUT2D eigenvalue weighted by Gasteiger charge is -2.34. The average molecular weight is 525 g/mol. The van der Waals surface area contributed by atoms with Crippen LogP contribution in [0.1, 0.15) is 22.8 Å². The zero-order valence-corrected chi connectivity index (χ0v) is 21.3. The van der Waals surface area contributed by atoms with Crippen molar-refractivity contribution in [2.24, 2.45) is 0 Å². The van der Waals surface area contributed by atoms with E-state index in [-0.39, 0.29) is 17.7 Å². The molecule has 0 amide bonds. The predicted octanol–water partition coefficient (Wildman–Crippen LogP) is 4.51. The topological polar surface area (TPSA) is 73.2 Å². The van der Waals surface area contributed by atoms with E-state index in [9.17, 15) is 8.78 Å². The van der Waals surface area contributed by atoms with Crippen molar-refractivity contribution in [3.63, 3.8) is 0 Å². The molecule has 0 unspecified atom stereocenters. The van der Waals surface area contributed by atoms with Crippen molar-refractivity contribution in [3.8, 4) is 0 Å². The van der Waals surface area contributed by atoms with E-state index in [0.29, 0.717) is 6.61 Å². The fourth-order valence-electron chi connectivity index (χ4n) is 4.05. The molecule has 0 aliphatic carbocycles. The average Bonchev–Trinajstić information content (AvgIpc) is 2.94. The van der Waals surface area contributed by atoms with Crippen LogP contribution in [0.3, 0.4) is 0 Å². The molecule has 4 rings (SSSR count). The third-order valence-electron chi connectivity index (χ3n) is 6.09. The first kappa shape index (κ1) is 29.0. The Morgan fingerprint density at radius 1 is 0.868 bits per heavy atom. The van der Waals surface area contributed by atoms with Crippen LogP contribution in [0, 0.1) is 11.6 Å². The minimum absolute atomic E-state index is 0.285. The first-order valence-electron chi connectivity index (χ1n) is 12.6. The third-order valence-corrected chi connectivity index (χ3v) is 6.09. The summed E-state index contributed by atoms with van der Waals surface area (Å²) in [6, 6.07) is 23.1. The van der Waals surface area contributed by atoms with Gasteiger partial charge in [-0.05, 0) is 53.6 Å². The second-order valence-corrected chi connectivity index (χ2v) is 8.86. The molecule has 1 heterocycles. The van der Waals surface area contributed by atoms with Crippen molar-refractivity contribution >= 4 is 5.97 Å². The molecule has 3 aromatic rings. The number of carboxylic acids is 1. The maximum absolute atomic E-state index is 13.4. The predicted molar refractivity (Wildman–Crippen MR) is 143 cm³/mol. The molecule has 0 atom stereocenters. The molecule has 1 saturated heterocycles. The lowest BCUT2D eigenvalue weighted by molar-refractivity contribution is -0.140. The van der Waals surface area contributed by atoms with Crippen LogP contribution >= 0.6 is 0 Å². The molecule has 0 bridgehead atoms. The van der Waals surface area contributed by atoms with Gasteiger partial charge in [0, 0.05) is 32.7 Å². The Labute approximate surface area is 222 Å². The number of carboxylic acid groups (broad SMARTS) is 1. The number of hydrogen-bond acceptors (Lipinski definition) is 5. The highest BCUT2D eigenvalue weighted by molar-refractivity contribution is 5.67. The molecule has 8 heteroatoms. The van der Waals surface area contributed by atoms with Crippen LogP contribution in [-0.2, 0) is 16.0 Å². The zero-order chi connectivity index (χ0) is 27.2. The van der Waals surface area contributed by atoms with Crippen LogP contribution < -0.4 is 0 Å². The van der Waals surface area contributed by atoms with E-state index in [1.165, 1.54) is 29.8 Å². The van der Waals surface area contributed by atoms with Gasteiger partial charge >= 0.3 is 5.97 Å². The number of allylic oxidation sites excluding steroid dienone is 1. The summed E-state index contributed by atoms with van der Waals surface area (Å²) in [6.45, 7) is 4.53. The van der Waals surface area contributed by atoms with Crippen LogP contribution in [0.4, 0.5) is 8.78 Å². The summed E-state index contributed by atoms with van der Waals surface area (Å²) < 4.78 is 33.0. The maximum Gasteiger partial charge on any atom is 0.329 e. The molecule has 38 heavy (non-hydrogen) atoms. The number of hydrogen-bond donors (Lipinski definition) is 2. The molecule has 3 aromatic carbocycles. The van der Waals surface area contributed by atoms with Gasteiger partial charge < -0.3 is 19.8 Å². The lowest BCUT2D eigenvalue weighted by atomic mass is 10.0. The van der Waals surface area contributed by atoms with Gasteiger partial charge in [-0.15, -0.1) is 0 Å². The van der Waals surface area contributed by atoms with Crippen LogP contribution in [0.5, 0.6) is 0 Å². The summed E-state index contributed by atoms with van der Waals surface area (Å²) in [6.07, 6.45) is 5.03. The highest BCUT2D eigenvalue weighted by Gasteiger charge is 2.18. The maximum atomic E-state index is 13.4. The number of carbonyl (C=O) groups is 1. The molecule has 0 saturated carbocycles. The van der Waals surface area contributed by atoms with Crippen LogP contribution in [0.15, 0.2) is 91.1 Å². The van der Waals surface area contributed by atoms with E-state index in [2.05, 4.69) is 46.3 Å². The number of benzene rings is 3. The number of aliphatic hydroxyl groups excluding tert-OH is 1. The number of nitrogens with zero attached hydrogens (tertiary/aromatic N) is 2. The normalized spacial score (nSPS) is 13.9. The number of rotatable bonds is 10. The molecule has 0 spiro atoms. The van der Waals surface area contributed by atoms with E-state index in [1.807, 2.05) is 6.07 Å². The summed E-state index contributed by atoms with van der Waals surface area (Å²) in [4.78, 5) is 13.9. The summed E-state index contributed by atoms with van der Waals surface area (Å²) in [7, 11) is 0. The Hall–Kier alpha value is -3.59. The lowest BCUT2D eigenvalue weighted by Crippen LogP contribution is -2.45. The summed E-state index contributed by atoms with van der Waals surface area (Å²) in [5.41, 5.74) is 3.04. The van der Waals surface area contributed by atoms with Gasteiger partial charge in [-0.1, -0.05) is 60.7 Å². The Bertz CT molecular complexity index is 1070. The van der Waals surface area contributed by atoms with E-state index < -0.39 is 12.6 Å². The van der Waals surface area contributed by atoms with Crippen molar-refractivity contribution in [1.29, 1.82) is 0 Å². The minimum atomic E-state index is -1.19. The molecule has 2 N–H and O–H groups in total. The van der Waals surface area contributed by atoms with Gasteiger partial charge in [-0.25, -0.2) is 13.6 Å². The van der Waals surface area contributed by atoms with E-state index in [0.717, 1.165) is 50.3 Å². The van der Waals surface area contributed by atoms with Crippen LogP contribution in [-0.4, -0.2) is 71.9 Å². The van der Waals surface area contributed by atoms with Gasteiger partial charge in [0.15, 0.2) is 0 Å². The number of ether oxygens (including phenoxy) is 1. The number of aliphatic hydroxyl groups is 1. The summed E-state index contributed by atoms with van der Waals surface area (Å²) in [5.74, 6) is -1.76. The quantitative estimate of drug-likeness (QED) is 0.407. The van der Waals surface area contributed by atoms with Gasteiger partial charge in [0.25, 0.3) is 0 Å². The Morgan fingerprint density at radius 2 is 1.39 bits per heavy atom. The molecule has 1 aliphatic heterocycles. The van der Waals surface area contributed by atoms with Crippen LogP contribution in [0.25, 0.3) is 0 Å². The Balaban J connectivity index is 0.000000732. The highest BCUT2D eigenvalue weighted by atomic mass is 19.1. The SMILES string of the molecule is Fc1ccc(C(OCCN2CCN(/C=C/Cc3ccccc3)CC2)c2ccc(F)cc2)cc1.O=C(O)CO. The minimum Gasteiger partial charge on any atom is -0.480 e. The van der Waals surface area contributed by atoms with Gasteiger partial charge in [-0.3, -0.25) is 4.90 Å². The van der Waals surface area contributed by atoms with Crippen molar-refractivity contribution in [1.82, 2.24) is 9.80 Å². The third kappa shape index (κ3) is 10.0. The molecule has 0 aromatic heterocycles. The van der Waals surface area contributed by atoms with Crippen LogP contribution in [0.2, 0.25) is 0 Å². The zero-order valence-electron chi connectivity index (χ0n) is 21.3. The summed E-state index contributed by atoms with van der Waals surface area (Å²) >= 11 is 0. The second-order valence-electron chi connectivity index (χ2n) is 8.86. The first-order chi connectivity index (χ1) is 18.4. The number of halogens is 2. The fraction of sp³-hybridized carbons (Fsp3) is 0.300. The number of aliphatic carboxylic acids is 1. The standard InChI is InChI=1S/C28H30F2N2O.C2H4O3/c29-26-12-8-24(9-13-26)28(25-10-14-27(30)15-11-25)33-22-21-32-19-17-31(18-20-32)16-4-7-23-5-2-1-3-6-23;3-1-2(4)5/h1-6,8-16,28H,7,17-22H2;3H,1H2,(H,4,5)/b16-4+;. The van der Waals surface area contributed by atoms with Gasteiger partial charge in [0.1, 0.15) is 24.3 Å². The van der Waals surface area contributed by atoms with Crippen molar-refractivity contribution in [2.75, 3.05) is 45.9 Å². The smallest absolute Gasteiger partial charge is 0.329 e. The molecule has 202 valence electrons. The molecule has 1 fully saturated rings. The second kappa shape index (κ2) is 15.6. The summed E-state index contributed by atoms with van der Waals surface area (Å²) in [5, 5.41) is 15.0. The van der Waals surface area contributed by atoms with Crippen molar-refractivity contribution < 1.29 is 28.5 Å². The van der Waals surface area contributed by atoms with Crippen molar-refractivity contribution in [2.45, 2.75) is 12.5 Å². The van der Waals surface area contributed by atoms with Gasteiger partial charge in [0.05, 0.1) is 6.61 Å². The molecular weight excluding hydrogens is 490 g/mol. The van der Waals surface area contributed by atoms with E-state index in [4.69, 9.17) is 19.7 Å². The van der Waals surface area contributed by atoms with Gasteiger partial charge in [-0.2, -0.15) is 0 Å². The molecule has 0 radical (unpaired) electrons. The molecular formula is C30H34F2N2O4. The number of piperazine rings is 1. The van der Waals surface area contributed by atoms with Gasteiger partial charge in [0.2, 0.25) is 0 Å². The monoisotopic (exact) mass is 524 g/mol. The van der Waals surface area contributed by atoms with E-state index in [1.54, 1.807) is 24.3 Å². The molecule has 6 nitrogen and oxygen atoms in total. The molecule has 1 aliphatic rings. The largest absolute Gasteiger partial charge is 0.480 e. The van der Waals surface area contributed by atoms with Crippen molar-refractivity contribution in [3.05, 3.63) is 119 Å². The van der Waals surface area contributed by atoms with E-state index >= 15 is 0 Å². The fourth-order valence-corrected chi connectivity index (χ4v) is 4.05. The Morgan fingerprint density at radius 3 is 1.89 bits per heavy atom.